The number of carbonyl (C=O) groups excluding carboxylic acids is 3. The van der Waals surface area contributed by atoms with Gasteiger partial charge in [0.1, 0.15) is 0 Å². The second kappa shape index (κ2) is 8.81. The van der Waals surface area contributed by atoms with Gasteiger partial charge in [0.15, 0.2) is 0 Å². The minimum Gasteiger partial charge on any atom is -0.383 e. The molecular formula is C25H23ClN4O5. The molecule has 1 saturated heterocycles. The molecule has 2 aromatic carbocycles. The summed E-state index contributed by atoms with van der Waals surface area (Å²) in [4.78, 5) is 50.9. The van der Waals surface area contributed by atoms with Crippen molar-refractivity contribution >= 4 is 46.4 Å². The van der Waals surface area contributed by atoms with E-state index in [-0.39, 0.29) is 59.8 Å². The summed E-state index contributed by atoms with van der Waals surface area (Å²) in [6.07, 6.45) is 4.95. The van der Waals surface area contributed by atoms with Crippen LogP contribution in [0.4, 0.5) is 17.1 Å². The van der Waals surface area contributed by atoms with Gasteiger partial charge in [0.05, 0.1) is 22.3 Å². The van der Waals surface area contributed by atoms with Gasteiger partial charge >= 0.3 is 0 Å². The van der Waals surface area contributed by atoms with Gasteiger partial charge in [0.2, 0.25) is 11.8 Å². The van der Waals surface area contributed by atoms with Gasteiger partial charge in [-0.1, -0.05) is 29.8 Å². The third-order valence-electron chi connectivity index (χ3n) is 7.12. The Morgan fingerprint density at radius 3 is 2.43 bits per heavy atom. The van der Waals surface area contributed by atoms with E-state index in [1.54, 1.807) is 25.1 Å². The van der Waals surface area contributed by atoms with Gasteiger partial charge in [-0.25, -0.2) is 0 Å². The lowest BCUT2D eigenvalue weighted by Crippen LogP contribution is -2.36. The van der Waals surface area contributed by atoms with Crippen molar-refractivity contribution < 1.29 is 19.3 Å². The number of imide groups is 1. The smallest absolute Gasteiger partial charge is 0.270 e. The Hall–Kier alpha value is -3.72. The number of amides is 3. The van der Waals surface area contributed by atoms with Gasteiger partial charge in [-0.05, 0) is 48.9 Å². The molecule has 0 spiro atoms. The molecule has 5 rings (SSSR count). The number of allylic oxidation sites excluding steroid dienone is 2. The van der Waals surface area contributed by atoms with Crippen molar-refractivity contribution in [2.75, 3.05) is 23.7 Å². The maximum Gasteiger partial charge on any atom is 0.270 e. The number of hydrogen-bond donors (Lipinski definition) is 2. The summed E-state index contributed by atoms with van der Waals surface area (Å²) in [5, 5.41) is 17.6. The van der Waals surface area contributed by atoms with Crippen LogP contribution in [-0.4, -0.2) is 40.6 Å². The molecule has 0 radical (unpaired) electrons. The van der Waals surface area contributed by atoms with Crippen LogP contribution >= 0.6 is 11.6 Å². The second-order valence-corrected chi connectivity index (χ2v) is 9.59. The molecule has 2 aliphatic carbocycles. The third kappa shape index (κ3) is 4.05. The molecule has 9 nitrogen and oxygen atoms in total. The molecule has 1 heterocycles. The minimum atomic E-state index is -0.576. The van der Waals surface area contributed by atoms with E-state index in [1.165, 1.54) is 23.1 Å². The molecule has 1 saturated carbocycles. The Balaban J connectivity index is 1.31. The van der Waals surface area contributed by atoms with Crippen molar-refractivity contribution in [1.82, 2.24) is 4.90 Å². The van der Waals surface area contributed by atoms with Gasteiger partial charge in [0.25, 0.3) is 11.6 Å². The number of carbonyl (C=O) groups is 3. The number of fused-ring (bicyclic) bond motifs is 5. The summed E-state index contributed by atoms with van der Waals surface area (Å²) in [5.41, 5.74) is 1.46. The number of benzene rings is 2. The molecule has 10 heteroatoms. The first-order chi connectivity index (χ1) is 16.7. The van der Waals surface area contributed by atoms with E-state index in [1.807, 2.05) is 12.2 Å². The van der Waals surface area contributed by atoms with Crippen molar-refractivity contribution in [2.45, 2.75) is 13.3 Å². The standard InChI is InChI=1S/C25H23ClN4O5/c1-13-2-5-16(26)11-20(13)28-23(31)18-12-17(30(34)35)6-7-19(18)27-8-9-29-24(32)21-14-3-4-15(10-14)22(21)25(29)33/h2-7,11-12,14-15,21-22,27H,8-10H2,1H3,(H,28,31)/t14-,15-,21+,22+/m0/s1. The van der Waals surface area contributed by atoms with Gasteiger partial charge in [-0.15, -0.1) is 0 Å². The van der Waals surface area contributed by atoms with Crippen LogP contribution in [0, 0.1) is 40.7 Å². The lowest BCUT2D eigenvalue weighted by Gasteiger charge is -2.19. The van der Waals surface area contributed by atoms with Crippen LogP contribution in [0.1, 0.15) is 22.3 Å². The van der Waals surface area contributed by atoms with E-state index in [4.69, 9.17) is 11.6 Å². The zero-order chi connectivity index (χ0) is 24.9. The largest absolute Gasteiger partial charge is 0.383 e. The number of nitro groups is 1. The molecule has 35 heavy (non-hydrogen) atoms. The van der Waals surface area contributed by atoms with E-state index in [2.05, 4.69) is 10.6 Å². The Bertz CT molecular complexity index is 1260. The number of nitrogens with one attached hydrogen (secondary N) is 2. The molecule has 2 aromatic rings. The van der Waals surface area contributed by atoms with Gasteiger partial charge in [0, 0.05) is 41.6 Å². The van der Waals surface area contributed by atoms with Gasteiger partial charge in [-0.2, -0.15) is 0 Å². The van der Waals surface area contributed by atoms with Crippen LogP contribution in [-0.2, 0) is 9.59 Å². The van der Waals surface area contributed by atoms with E-state index in [9.17, 15) is 24.5 Å². The van der Waals surface area contributed by atoms with E-state index < -0.39 is 10.8 Å². The number of nitrogens with zero attached hydrogens (tertiary/aromatic N) is 2. The predicted octanol–water partition coefficient (Wildman–Crippen LogP) is 4.03. The zero-order valence-electron chi connectivity index (χ0n) is 18.9. The minimum absolute atomic E-state index is 0.0664. The lowest BCUT2D eigenvalue weighted by molar-refractivity contribution is -0.384. The molecule has 3 amide bonds. The maximum atomic E-state index is 13.1. The predicted molar refractivity (Wildman–Crippen MR) is 130 cm³/mol. The molecule has 3 aliphatic rings. The van der Waals surface area contributed by atoms with Crippen LogP contribution in [0.25, 0.3) is 0 Å². The summed E-state index contributed by atoms with van der Waals surface area (Å²) in [5.74, 6) is -1.09. The van der Waals surface area contributed by atoms with Crippen molar-refractivity contribution in [3.8, 4) is 0 Å². The fraction of sp³-hybridized carbons (Fsp3) is 0.320. The number of hydrogen-bond acceptors (Lipinski definition) is 6. The highest BCUT2D eigenvalue weighted by Gasteiger charge is 2.58. The molecule has 0 unspecified atom stereocenters. The molecule has 2 bridgehead atoms. The first-order valence-corrected chi connectivity index (χ1v) is 11.8. The maximum absolute atomic E-state index is 13.1. The summed E-state index contributed by atoms with van der Waals surface area (Å²) in [7, 11) is 0. The molecule has 2 N–H and O–H groups in total. The zero-order valence-corrected chi connectivity index (χ0v) is 19.6. The monoisotopic (exact) mass is 494 g/mol. The van der Waals surface area contributed by atoms with Crippen molar-refractivity contribution in [3.05, 3.63) is 74.8 Å². The average molecular weight is 495 g/mol. The summed E-state index contributed by atoms with van der Waals surface area (Å²) >= 11 is 6.04. The number of likely N-dealkylation sites (tertiary alicyclic amines) is 1. The average Bonchev–Trinajstić information content (AvgIpc) is 3.51. The summed E-state index contributed by atoms with van der Waals surface area (Å²) < 4.78 is 0. The summed E-state index contributed by atoms with van der Waals surface area (Å²) in [6, 6.07) is 8.99. The van der Waals surface area contributed by atoms with E-state index in [0.717, 1.165) is 12.0 Å². The van der Waals surface area contributed by atoms with E-state index in [0.29, 0.717) is 16.4 Å². The van der Waals surface area contributed by atoms with Gasteiger partial charge in [-0.3, -0.25) is 29.4 Å². The van der Waals surface area contributed by atoms with Crippen molar-refractivity contribution in [2.24, 2.45) is 23.7 Å². The number of halogens is 1. The Labute approximate surface area is 206 Å². The second-order valence-electron chi connectivity index (χ2n) is 9.16. The Morgan fingerprint density at radius 2 is 1.77 bits per heavy atom. The van der Waals surface area contributed by atoms with Crippen LogP contribution in [0.3, 0.4) is 0 Å². The van der Waals surface area contributed by atoms with E-state index >= 15 is 0 Å². The number of anilines is 2. The molecule has 4 atom stereocenters. The van der Waals surface area contributed by atoms with Crippen molar-refractivity contribution in [1.29, 1.82) is 0 Å². The SMILES string of the molecule is Cc1ccc(Cl)cc1NC(=O)c1cc([N+](=O)[O-])ccc1NCCN1C(=O)[C@H]2[C@H](C1=O)[C@H]1C=C[C@H]2C1. The Morgan fingerprint density at radius 1 is 1.09 bits per heavy atom. The quantitative estimate of drug-likeness (QED) is 0.259. The molecule has 1 aliphatic heterocycles. The molecule has 180 valence electrons. The number of non-ortho nitro benzene ring substituents is 1. The number of nitro benzene ring substituents is 1. The third-order valence-corrected chi connectivity index (χ3v) is 7.35. The van der Waals surface area contributed by atoms with Crippen LogP contribution in [0.2, 0.25) is 5.02 Å². The molecular weight excluding hydrogens is 472 g/mol. The number of rotatable bonds is 7. The summed E-state index contributed by atoms with van der Waals surface area (Å²) in [6.45, 7) is 2.16. The Kier molecular flexibility index (Phi) is 5.80. The highest BCUT2D eigenvalue weighted by atomic mass is 35.5. The highest BCUT2D eigenvalue weighted by molar-refractivity contribution is 6.31. The van der Waals surface area contributed by atoms with Crippen LogP contribution in [0.15, 0.2) is 48.6 Å². The van der Waals surface area contributed by atoms with Crippen LogP contribution < -0.4 is 10.6 Å². The number of aryl methyl sites for hydroxylation is 1. The first-order valence-electron chi connectivity index (χ1n) is 11.4. The van der Waals surface area contributed by atoms with Crippen LogP contribution in [0.5, 0.6) is 0 Å². The fourth-order valence-electron chi connectivity index (χ4n) is 5.39. The molecule has 0 aromatic heterocycles. The fourth-order valence-corrected chi connectivity index (χ4v) is 5.57. The topological polar surface area (TPSA) is 122 Å². The van der Waals surface area contributed by atoms with Crippen molar-refractivity contribution in [3.63, 3.8) is 0 Å². The highest BCUT2D eigenvalue weighted by Crippen LogP contribution is 2.52. The lowest BCUT2D eigenvalue weighted by atomic mass is 9.85. The first kappa shape index (κ1) is 23.0. The normalized spacial score (nSPS) is 24.1. The van der Waals surface area contributed by atoms with Gasteiger partial charge < -0.3 is 10.6 Å². The molecule has 2 fully saturated rings.